The number of carbonyl (C=O) groups excluding carboxylic acids is 1. The maximum Gasteiger partial charge on any atom is 0.322 e. The molecule has 128 valence electrons. The number of carboxylic acid groups (broad SMARTS) is 1. The van der Waals surface area contributed by atoms with Crippen LogP contribution in [0.4, 0.5) is 0 Å². The largest absolute Gasteiger partial charge is 0.481 e. The van der Waals surface area contributed by atoms with Gasteiger partial charge in [0, 0.05) is 6.04 Å². The highest BCUT2D eigenvalue weighted by atomic mass is 16.6. The van der Waals surface area contributed by atoms with Crippen LogP contribution in [0.25, 0.3) is 10.8 Å². The molecule has 0 heterocycles. The van der Waals surface area contributed by atoms with Crippen LogP contribution in [0, 0.1) is 5.92 Å². The van der Waals surface area contributed by atoms with Crippen LogP contribution >= 0.6 is 0 Å². The smallest absolute Gasteiger partial charge is 0.322 e. The molecule has 0 amide bonds. The highest BCUT2D eigenvalue weighted by Gasteiger charge is 2.36. The second kappa shape index (κ2) is 7.01. The first kappa shape index (κ1) is 17.9. The Morgan fingerprint density at radius 2 is 1.75 bits per heavy atom. The molecule has 2 atom stereocenters. The van der Waals surface area contributed by atoms with Crippen molar-refractivity contribution < 1.29 is 19.4 Å². The van der Waals surface area contributed by atoms with E-state index in [1.54, 1.807) is 20.8 Å². The Morgan fingerprint density at radius 1 is 1.12 bits per heavy atom. The first-order valence-electron chi connectivity index (χ1n) is 7.86. The van der Waals surface area contributed by atoms with E-state index in [0.717, 1.165) is 16.3 Å². The SMILES string of the molecule is CC(C)(C)OC(=O)[C@@H](C(=O)O)[C@H](N)Cc1ccc2ccccc2c1. The predicted octanol–water partition coefficient (Wildman–Crippen LogP) is 2.75. The van der Waals surface area contributed by atoms with Crippen LogP contribution in [0.15, 0.2) is 42.5 Å². The molecule has 2 aromatic rings. The van der Waals surface area contributed by atoms with Crippen molar-refractivity contribution >= 4 is 22.7 Å². The molecule has 0 bridgehead atoms. The minimum Gasteiger partial charge on any atom is -0.481 e. The summed E-state index contributed by atoms with van der Waals surface area (Å²) in [5.74, 6) is -3.46. The molecule has 2 rings (SSSR count). The maximum atomic E-state index is 12.2. The van der Waals surface area contributed by atoms with E-state index in [-0.39, 0.29) is 6.42 Å². The molecule has 0 spiro atoms. The van der Waals surface area contributed by atoms with E-state index in [4.69, 9.17) is 10.5 Å². The lowest BCUT2D eigenvalue weighted by Crippen LogP contribution is -2.45. The van der Waals surface area contributed by atoms with Crippen molar-refractivity contribution in [2.24, 2.45) is 11.7 Å². The summed E-state index contributed by atoms with van der Waals surface area (Å²) >= 11 is 0. The topological polar surface area (TPSA) is 89.6 Å². The zero-order valence-electron chi connectivity index (χ0n) is 14.2. The molecule has 0 fully saturated rings. The van der Waals surface area contributed by atoms with Gasteiger partial charge in [0.15, 0.2) is 5.92 Å². The summed E-state index contributed by atoms with van der Waals surface area (Å²) in [5.41, 5.74) is 6.16. The Labute approximate surface area is 141 Å². The number of aliphatic carboxylic acids is 1. The van der Waals surface area contributed by atoms with Gasteiger partial charge in [0.05, 0.1) is 0 Å². The monoisotopic (exact) mass is 329 g/mol. The molecule has 0 radical (unpaired) electrons. The van der Waals surface area contributed by atoms with Gasteiger partial charge in [-0.15, -0.1) is 0 Å². The third kappa shape index (κ3) is 4.55. The number of carbonyl (C=O) groups is 2. The summed E-state index contributed by atoms with van der Waals surface area (Å²) in [6.45, 7) is 5.08. The molecule has 0 aromatic heterocycles. The van der Waals surface area contributed by atoms with Crippen molar-refractivity contribution in [2.75, 3.05) is 0 Å². The van der Waals surface area contributed by atoms with Gasteiger partial charge < -0.3 is 15.6 Å². The van der Waals surface area contributed by atoms with Crippen molar-refractivity contribution in [1.82, 2.24) is 0 Å². The van der Waals surface area contributed by atoms with Gasteiger partial charge in [-0.3, -0.25) is 9.59 Å². The van der Waals surface area contributed by atoms with E-state index < -0.39 is 29.5 Å². The van der Waals surface area contributed by atoms with Gasteiger partial charge in [-0.25, -0.2) is 0 Å². The van der Waals surface area contributed by atoms with Gasteiger partial charge in [0.25, 0.3) is 0 Å². The molecule has 0 saturated carbocycles. The number of carboxylic acids is 1. The molecule has 0 aliphatic heterocycles. The molecule has 5 nitrogen and oxygen atoms in total. The predicted molar refractivity (Wildman–Crippen MR) is 92.6 cm³/mol. The fraction of sp³-hybridized carbons (Fsp3) is 0.368. The Hall–Kier alpha value is -2.40. The van der Waals surface area contributed by atoms with Crippen molar-refractivity contribution in [3.8, 4) is 0 Å². The fourth-order valence-electron chi connectivity index (χ4n) is 2.58. The molecule has 0 aliphatic rings. The van der Waals surface area contributed by atoms with Crippen LogP contribution < -0.4 is 5.73 Å². The number of benzene rings is 2. The Bertz CT molecular complexity index is 748. The number of nitrogens with two attached hydrogens (primary N) is 1. The van der Waals surface area contributed by atoms with Crippen LogP contribution in [0.5, 0.6) is 0 Å². The summed E-state index contributed by atoms with van der Waals surface area (Å²) in [6, 6.07) is 12.8. The zero-order chi connectivity index (χ0) is 17.9. The van der Waals surface area contributed by atoms with E-state index in [0.29, 0.717) is 0 Å². The minimum atomic E-state index is -1.39. The number of fused-ring (bicyclic) bond motifs is 1. The van der Waals surface area contributed by atoms with E-state index in [2.05, 4.69) is 0 Å². The van der Waals surface area contributed by atoms with Crippen molar-refractivity contribution in [3.63, 3.8) is 0 Å². The summed E-state index contributed by atoms with van der Waals surface area (Å²) in [6.07, 6.45) is 0.279. The second-order valence-corrected chi connectivity index (χ2v) is 6.90. The molecule has 0 aliphatic carbocycles. The van der Waals surface area contributed by atoms with Gasteiger partial charge in [0.1, 0.15) is 5.60 Å². The van der Waals surface area contributed by atoms with E-state index in [1.165, 1.54) is 0 Å². The molecule has 3 N–H and O–H groups in total. The molecule has 5 heteroatoms. The van der Waals surface area contributed by atoms with E-state index >= 15 is 0 Å². The second-order valence-electron chi connectivity index (χ2n) is 6.90. The standard InChI is InChI=1S/C19H23NO4/c1-19(2,3)24-18(23)16(17(21)22)15(20)11-12-8-9-13-6-4-5-7-14(13)10-12/h4-10,15-16H,11,20H2,1-3H3,(H,21,22)/t15-,16-/m1/s1. The molecular formula is C19H23NO4. The van der Waals surface area contributed by atoms with E-state index in [9.17, 15) is 14.7 Å². The van der Waals surface area contributed by atoms with Crippen LogP contribution in [-0.4, -0.2) is 28.7 Å². The molecule has 0 saturated heterocycles. The van der Waals surface area contributed by atoms with Gasteiger partial charge in [-0.05, 0) is 43.5 Å². The van der Waals surface area contributed by atoms with Crippen molar-refractivity contribution in [2.45, 2.75) is 38.8 Å². The highest BCUT2D eigenvalue weighted by molar-refractivity contribution is 5.95. The first-order chi connectivity index (χ1) is 11.2. The third-order valence-electron chi connectivity index (χ3n) is 3.64. The average molecular weight is 329 g/mol. The molecule has 24 heavy (non-hydrogen) atoms. The third-order valence-corrected chi connectivity index (χ3v) is 3.64. The normalized spacial score (nSPS) is 14.2. The lowest BCUT2D eigenvalue weighted by molar-refractivity contribution is -0.167. The van der Waals surface area contributed by atoms with Gasteiger partial charge in [-0.1, -0.05) is 42.5 Å². The van der Waals surface area contributed by atoms with Gasteiger partial charge >= 0.3 is 11.9 Å². The van der Waals surface area contributed by atoms with Crippen LogP contribution in [0.3, 0.4) is 0 Å². The first-order valence-corrected chi connectivity index (χ1v) is 7.86. The maximum absolute atomic E-state index is 12.2. The summed E-state index contributed by atoms with van der Waals surface area (Å²) in [7, 11) is 0. The summed E-state index contributed by atoms with van der Waals surface area (Å²) < 4.78 is 5.19. The number of hydrogen-bond donors (Lipinski definition) is 2. The van der Waals surface area contributed by atoms with Crippen LogP contribution in [-0.2, 0) is 20.7 Å². The Kier molecular flexibility index (Phi) is 5.24. The summed E-state index contributed by atoms with van der Waals surface area (Å²) in [5, 5.41) is 11.5. The summed E-state index contributed by atoms with van der Waals surface area (Å²) in [4.78, 5) is 23.7. The molecule has 2 aromatic carbocycles. The quantitative estimate of drug-likeness (QED) is 0.650. The van der Waals surface area contributed by atoms with Gasteiger partial charge in [0.2, 0.25) is 0 Å². The number of esters is 1. The highest BCUT2D eigenvalue weighted by Crippen LogP contribution is 2.20. The van der Waals surface area contributed by atoms with Crippen LogP contribution in [0.2, 0.25) is 0 Å². The zero-order valence-corrected chi connectivity index (χ0v) is 14.2. The average Bonchev–Trinajstić information content (AvgIpc) is 2.44. The number of rotatable bonds is 5. The number of hydrogen-bond acceptors (Lipinski definition) is 4. The Balaban J connectivity index is 2.18. The minimum absolute atomic E-state index is 0.279. The lowest BCUT2D eigenvalue weighted by Gasteiger charge is -2.25. The van der Waals surface area contributed by atoms with Crippen molar-refractivity contribution in [3.05, 3.63) is 48.0 Å². The van der Waals surface area contributed by atoms with E-state index in [1.807, 2.05) is 42.5 Å². The molecule has 0 unspecified atom stereocenters. The number of ether oxygens (including phenoxy) is 1. The van der Waals surface area contributed by atoms with Gasteiger partial charge in [-0.2, -0.15) is 0 Å². The molecular weight excluding hydrogens is 306 g/mol. The lowest BCUT2D eigenvalue weighted by atomic mass is 9.93. The van der Waals surface area contributed by atoms with Crippen molar-refractivity contribution in [1.29, 1.82) is 0 Å². The Morgan fingerprint density at radius 3 is 2.33 bits per heavy atom. The fourth-order valence-corrected chi connectivity index (χ4v) is 2.58. The van der Waals surface area contributed by atoms with Crippen LogP contribution in [0.1, 0.15) is 26.3 Å².